The molecule has 0 amide bonds. The van der Waals surface area contributed by atoms with E-state index in [1.165, 1.54) is 39.8 Å². The minimum Gasteiger partial charge on any atom is -0.461 e. The quantitative estimate of drug-likeness (QED) is 0.308. The second-order valence-electron chi connectivity index (χ2n) is 15.5. The van der Waals surface area contributed by atoms with Crippen LogP contribution in [0.2, 0.25) is 0 Å². The second-order valence-corrected chi connectivity index (χ2v) is 15.5. The maximum absolute atomic E-state index is 13.7. The number of benzene rings is 1. The van der Waals surface area contributed by atoms with Gasteiger partial charge in [0.2, 0.25) is 0 Å². The molecule has 0 unspecified atom stereocenters. The van der Waals surface area contributed by atoms with E-state index in [0.29, 0.717) is 0 Å². The molecular weight excluding hydrogens is 668 g/mol. The smallest absolute Gasteiger partial charge is 0.338 e. The minimum atomic E-state index is -2.40. The maximum atomic E-state index is 13.7. The molecule has 280 valence electrons. The largest absolute Gasteiger partial charge is 0.461 e. The van der Waals surface area contributed by atoms with Gasteiger partial charge in [-0.1, -0.05) is 39.0 Å². The van der Waals surface area contributed by atoms with Crippen molar-refractivity contribution in [2.75, 3.05) is 0 Å². The molecule has 1 aromatic carbocycles. The van der Waals surface area contributed by atoms with E-state index in [1.54, 1.807) is 39.0 Å². The highest BCUT2D eigenvalue weighted by Gasteiger charge is 2.87. The Bertz CT molecular complexity index is 1610. The number of hydrogen-bond acceptors (Lipinski definition) is 14. The van der Waals surface area contributed by atoms with Crippen LogP contribution >= 0.6 is 0 Å². The summed E-state index contributed by atoms with van der Waals surface area (Å²) in [6.45, 7) is 12.3. The topological polar surface area (TPSA) is 198 Å². The molecule has 0 heterocycles. The molecule has 4 aliphatic rings. The van der Waals surface area contributed by atoms with Gasteiger partial charge in [0.05, 0.1) is 17.1 Å². The number of carbonyl (C=O) groups is 6. The van der Waals surface area contributed by atoms with Crippen molar-refractivity contribution in [2.24, 2.45) is 28.6 Å². The van der Waals surface area contributed by atoms with Crippen molar-refractivity contribution in [3.8, 4) is 0 Å². The van der Waals surface area contributed by atoms with Gasteiger partial charge in [0.25, 0.3) is 0 Å². The number of fused-ring (bicyclic) bond motifs is 4. The first-order valence-corrected chi connectivity index (χ1v) is 17.1. The fourth-order valence-electron chi connectivity index (χ4n) is 10.4. The van der Waals surface area contributed by atoms with Crippen molar-refractivity contribution < 1.29 is 67.4 Å². The Morgan fingerprint density at radius 3 is 1.78 bits per heavy atom. The van der Waals surface area contributed by atoms with Crippen LogP contribution in [0, 0.1) is 28.6 Å². The lowest BCUT2D eigenvalue weighted by Crippen LogP contribution is -2.75. The molecular formula is C37H48O14. The van der Waals surface area contributed by atoms with Gasteiger partial charge in [-0.3, -0.25) is 24.0 Å². The summed E-state index contributed by atoms with van der Waals surface area (Å²) in [6.07, 6.45) is -7.42. The lowest BCUT2D eigenvalue weighted by atomic mass is 9.46. The molecule has 13 atom stereocenters. The number of hydrogen-bond donors (Lipinski definition) is 2. The molecule has 0 bridgehead atoms. The molecule has 0 aromatic heterocycles. The standard InChI is InChI=1S/C37H48O14/c1-18-28(50-31(43)24-13-11-10-12-14-24)27-30(48-21(4)40)34(8)17-36(51-23(6)42)25(15-33(7,44)16-26(36)46-19(2)38)35(34,9)32(49-22(5)41)37(27,45)29(18)47-20(3)39/h10-14,18,25-30,32,44-45H,15-17H2,1-9H3/t18-,25+,26+,27-,28+,29-,30-,32-,33-,34+,35-,36+,37+/m1/s1. The monoisotopic (exact) mass is 716 g/mol. The van der Waals surface area contributed by atoms with Crippen LogP contribution in [0.1, 0.15) is 91.9 Å². The van der Waals surface area contributed by atoms with Gasteiger partial charge in [0.1, 0.15) is 36.1 Å². The van der Waals surface area contributed by atoms with Gasteiger partial charge < -0.3 is 38.6 Å². The highest BCUT2D eigenvalue weighted by molar-refractivity contribution is 5.89. The number of esters is 6. The number of aliphatic hydroxyl groups is 2. The van der Waals surface area contributed by atoms with Crippen LogP contribution in [-0.2, 0) is 52.4 Å². The van der Waals surface area contributed by atoms with Crippen LogP contribution in [0.3, 0.4) is 0 Å². The molecule has 5 rings (SSSR count). The van der Waals surface area contributed by atoms with Gasteiger partial charge in [0.15, 0.2) is 5.60 Å². The highest BCUT2D eigenvalue weighted by Crippen LogP contribution is 2.76. The Balaban J connectivity index is 1.84. The van der Waals surface area contributed by atoms with Crippen LogP contribution in [0.25, 0.3) is 0 Å². The van der Waals surface area contributed by atoms with Gasteiger partial charge in [0, 0.05) is 70.1 Å². The van der Waals surface area contributed by atoms with E-state index in [9.17, 15) is 39.0 Å². The summed E-state index contributed by atoms with van der Waals surface area (Å²) in [5.74, 6) is -7.99. The molecule has 0 spiro atoms. The summed E-state index contributed by atoms with van der Waals surface area (Å²) in [7, 11) is 0. The summed E-state index contributed by atoms with van der Waals surface area (Å²) >= 11 is 0. The lowest BCUT2D eigenvalue weighted by Gasteiger charge is -2.63. The molecule has 4 aliphatic carbocycles. The van der Waals surface area contributed by atoms with Crippen molar-refractivity contribution in [3.05, 3.63) is 35.9 Å². The molecule has 14 heteroatoms. The maximum Gasteiger partial charge on any atom is 0.338 e. The summed E-state index contributed by atoms with van der Waals surface area (Å²) < 4.78 is 36.3. The van der Waals surface area contributed by atoms with E-state index in [0.717, 1.165) is 13.8 Å². The van der Waals surface area contributed by atoms with Gasteiger partial charge in [-0.15, -0.1) is 0 Å². The predicted octanol–water partition coefficient (Wildman–Crippen LogP) is 2.83. The van der Waals surface area contributed by atoms with E-state index in [2.05, 4.69) is 0 Å². The van der Waals surface area contributed by atoms with E-state index in [-0.39, 0.29) is 24.8 Å². The first-order valence-electron chi connectivity index (χ1n) is 17.1. The molecule has 0 radical (unpaired) electrons. The first-order chi connectivity index (χ1) is 23.5. The lowest BCUT2D eigenvalue weighted by molar-refractivity contribution is -0.304. The van der Waals surface area contributed by atoms with Crippen LogP contribution in [-0.4, -0.2) is 93.4 Å². The Kier molecular flexibility index (Phi) is 9.64. The van der Waals surface area contributed by atoms with Crippen LogP contribution in [0.5, 0.6) is 0 Å². The molecule has 4 saturated carbocycles. The normalized spacial score (nSPS) is 42.3. The zero-order chi connectivity index (χ0) is 38.1. The Morgan fingerprint density at radius 2 is 1.25 bits per heavy atom. The second kappa shape index (κ2) is 12.9. The van der Waals surface area contributed by atoms with Crippen LogP contribution in [0.15, 0.2) is 30.3 Å². The third kappa shape index (κ3) is 5.97. The van der Waals surface area contributed by atoms with Crippen LogP contribution < -0.4 is 0 Å². The van der Waals surface area contributed by atoms with Crippen molar-refractivity contribution in [3.63, 3.8) is 0 Å². The molecule has 0 aliphatic heterocycles. The number of ether oxygens (including phenoxy) is 6. The van der Waals surface area contributed by atoms with E-state index >= 15 is 0 Å². The molecule has 1 aromatic rings. The van der Waals surface area contributed by atoms with Crippen molar-refractivity contribution in [1.82, 2.24) is 0 Å². The van der Waals surface area contributed by atoms with Crippen LogP contribution in [0.4, 0.5) is 0 Å². The Labute approximate surface area is 296 Å². The molecule has 51 heavy (non-hydrogen) atoms. The van der Waals surface area contributed by atoms with Gasteiger partial charge in [-0.25, -0.2) is 4.79 Å². The molecule has 0 saturated heterocycles. The number of carbonyl (C=O) groups excluding carboxylic acids is 6. The fourth-order valence-corrected chi connectivity index (χ4v) is 10.4. The third-order valence-corrected chi connectivity index (χ3v) is 12.0. The van der Waals surface area contributed by atoms with Gasteiger partial charge in [-0.05, 0) is 25.5 Å². The van der Waals surface area contributed by atoms with Crippen molar-refractivity contribution in [1.29, 1.82) is 0 Å². The van der Waals surface area contributed by atoms with Gasteiger partial charge in [-0.2, -0.15) is 0 Å². The average molecular weight is 717 g/mol. The predicted molar refractivity (Wildman–Crippen MR) is 174 cm³/mol. The van der Waals surface area contributed by atoms with E-state index in [1.807, 2.05) is 0 Å². The van der Waals surface area contributed by atoms with E-state index < -0.39 is 112 Å². The Morgan fingerprint density at radius 1 is 0.706 bits per heavy atom. The number of rotatable bonds is 7. The minimum absolute atomic E-state index is 0.102. The first kappa shape index (κ1) is 38.2. The van der Waals surface area contributed by atoms with Crippen molar-refractivity contribution in [2.45, 2.75) is 129 Å². The fraction of sp³-hybridized carbons (Fsp3) is 0.676. The SMILES string of the molecule is CC(=O)O[C@H]1C[C@](C)(O)C[C@@H]2[C@@]1(OC(C)=O)C[C@@]1(C)[C@H](OC(C)=O)[C@H]3[C@@H](OC(=O)c4ccccc4)[C@@H](C)[C@@H](OC(C)=O)[C@]3(O)[C@H](OC(C)=O)[C@@]21C. The summed E-state index contributed by atoms with van der Waals surface area (Å²) in [6, 6.07) is 8.07. The molecule has 4 fully saturated rings. The van der Waals surface area contributed by atoms with E-state index in [4.69, 9.17) is 28.4 Å². The van der Waals surface area contributed by atoms with Gasteiger partial charge >= 0.3 is 35.8 Å². The zero-order valence-corrected chi connectivity index (χ0v) is 30.4. The highest BCUT2D eigenvalue weighted by atomic mass is 16.6. The molecule has 2 N–H and O–H groups in total. The average Bonchev–Trinajstić information content (AvgIpc) is 3.32. The summed E-state index contributed by atoms with van der Waals surface area (Å²) in [5.41, 5.74) is -8.47. The summed E-state index contributed by atoms with van der Waals surface area (Å²) in [4.78, 5) is 78.2. The third-order valence-electron chi connectivity index (χ3n) is 12.0. The summed E-state index contributed by atoms with van der Waals surface area (Å²) in [5, 5.41) is 25.1. The van der Waals surface area contributed by atoms with Crippen molar-refractivity contribution >= 4 is 35.8 Å². The molecule has 14 nitrogen and oxygen atoms in total. The zero-order valence-electron chi connectivity index (χ0n) is 30.4. The Hall–Kier alpha value is -4.04.